The number of carboxylic acids is 1. The van der Waals surface area contributed by atoms with Crippen molar-refractivity contribution < 1.29 is 28.7 Å². The third-order valence-electron chi connectivity index (χ3n) is 5.01. The highest BCUT2D eigenvalue weighted by Crippen LogP contribution is 2.41. The van der Waals surface area contributed by atoms with Crippen LogP contribution in [0.4, 0.5) is 0 Å². The van der Waals surface area contributed by atoms with Crippen LogP contribution < -0.4 is 16.4 Å². The van der Waals surface area contributed by atoms with E-state index in [0.29, 0.717) is 5.57 Å². The summed E-state index contributed by atoms with van der Waals surface area (Å²) in [7, 11) is 2.75. The highest BCUT2D eigenvalue weighted by Gasteiger charge is 2.54. The van der Waals surface area contributed by atoms with Crippen LogP contribution in [0.15, 0.2) is 54.0 Å². The first kappa shape index (κ1) is 24.3. The molecule has 2 atom stereocenters. The number of nitrogens with one attached hydrogen (secondary N) is 2. The SMILES string of the molecule is CON=C(C(=O)NC1C(=O)N2C(C(=O)O)=C(CSc3nc(=O)c(=O)[nH]n3C)CS[C@H]12)c1ccco1. The first-order valence-electron chi connectivity index (χ1n) is 9.89. The van der Waals surface area contributed by atoms with Gasteiger partial charge in [-0.1, -0.05) is 16.9 Å². The zero-order chi connectivity index (χ0) is 25.3. The number of carbonyl (C=O) groups excluding carboxylic acids is 2. The van der Waals surface area contributed by atoms with E-state index in [4.69, 9.17) is 9.25 Å². The fourth-order valence-corrected chi connectivity index (χ4v) is 5.85. The van der Waals surface area contributed by atoms with E-state index >= 15 is 0 Å². The van der Waals surface area contributed by atoms with Crippen molar-refractivity contribution >= 4 is 47.0 Å². The Kier molecular flexibility index (Phi) is 6.83. The highest BCUT2D eigenvalue weighted by atomic mass is 32.2. The first-order valence-corrected chi connectivity index (χ1v) is 11.9. The maximum absolute atomic E-state index is 12.9. The van der Waals surface area contributed by atoms with Crippen molar-refractivity contribution in [1.82, 2.24) is 25.0 Å². The Balaban J connectivity index is 1.51. The molecular formula is C19H18N6O8S2. The van der Waals surface area contributed by atoms with Gasteiger partial charge in [0.1, 0.15) is 24.2 Å². The molecule has 16 heteroatoms. The summed E-state index contributed by atoms with van der Waals surface area (Å²) >= 11 is 2.32. The van der Waals surface area contributed by atoms with Gasteiger partial charge in [0.15, 0.2) is 10.9 Å². The van der Waals surface area contributed by atoms with Gasteiger partial charge in [-0.25, -0.2) is 4.79 Å². The zero-order valence-electron chi connectivity index (χ0n) is 18.2. The number of rotatable bonds is 8. The minimum atomic E-state index is -1.30. The first-order chi connectivity index (χ1) is 16.7. The van der Waals surface area contributed by atoms with Gasteiger partial charge in [0.25, 0.3) is 11.8 Å². The molecule has 0 bridgehead atoms. The van der Waals surface area contributed by atoms with Crippen molar-refractivity contribution in [3.05, 3.63) is 56.1 Å². The van der Waals surface area contributed by atoms with Gasteiger partial charge in [-0.05, 0) is 17.7 Å². The van der Waals surface area contributed by atoms with Crippen molar-refractivity contribution in [2.24, 2.45) is 12.2 Å². The fraction of sp³-hybridized carbons (Fsp3) is 0.316. The normalized spacial score (nSPS) is 19.8. The van der Waals surface area contributed by atoms with Gasteiger partial charge in [0.05, 0.1) is 6.26 Å². The molecule has 4 heterocycles. The number of carbonyl (C=O) groups is 3. The fourth-order valence-electron chi connectivity index (χ4n) is 3.45. The van der Waals surface area contributed by atoms with E-state index in [2.05, 4.69) is 20.6 Å². The number of amides is 2. The van der Waals surface area contributed by atoms with Crippen LogP contribution in [0, 0.1) is 0 Å². The summed E-state index contributed by atoms with van der Waals surface area (Å²) in [5.41, 5.74) is -1.76. The number of oxime groups is 1. The molecule has 3 N–H and O–H groups in total. The Hall–Kier alpha value is -3.79. The number of hydrogen-bond acceptors (Lipinski definition) is 11. The number of aromatic amines is 1. The molecule has 1 fully saturated rings. The third kappa shape index (κ3) is 4.61. The van der Waals surface area contributed by atoms with Crippen LogP contribution in [0.1, 0.15) is 5.76 Å². The monoisotopic (exact) mass is 522 g/mol. The molecule has 0 radical (unpaired) electrons. The summed E-state index contributed by atoms with van der Waals surface area (Å²) in [6, 6.07) is 2.09. The molecule has 2 amide bonds. The molecule has 2 aromatic heterocycles. The largest absolute Gasteiger partial charge is 0.477 e. The Morgan fingerprint density at radius 3 is 2.86 bits per heavy atom. The van der Waals surface area contributed by atoms with Crippen LogP contribution in [-0.2, 0) is 26.3 Å². The Labute approximate surface area is 204 Å². The average Bonchev–Trinajstić information content (AvgIpc) is 3.36. The molecule has 184 valence electrons. The molecule has 2 aliphatic heterocycles. The van der Waals surface area contributed by atoms with Crippen molar-refractivity contribution in [1.29, 1.82) is 0 Å². The molecule has 14 nitrogen and oxygen atoms in total. The van der Waals surface area contributed by atoms with E-state index in [-0.39, 0.29) is 33.8 Å². The van der Waals surface area contributed by atoms with Crippen LogP contribution in [0.25, 0.3) is 0 Å². The molecular weight excluding hydrogens is 504 g/mol. The number of fused-ring (bicyclic) bond motifs is 1. The molecule has 0 aliphatic carbocycles. The van der Waals surface area contributed by atoms with Crippen molar-refractivity contribution in [3.8, 4) is 0 Å². The van der Waals surface area contributed by atoms with E-state index in [1.54, 1.807) is 6.07 Å². The molecule has 1 unspecified atom stereocenters. The Morgan fingerprint density at radius 1 is 1.43 bits per heavy atom. The molecule has 0 aromatic carbocycles. The summed E-state index contributed by atoms with van der Waals surface area (Å²) in [6.07, 6.45) is 1.35. The van der Waals surface area contributed by atoms with Gasteiger partial charge in [-0.2, -0.15) is 4.98 Å². The number of hydrogen-bond donors (Lipinski definition) is 3. The van der Waals surface area contributed by atoms with E-state index in [1.807, 2.05) is 0 Å². The van der Waals surface area contributed by atoms with Crippen LogP contribution in [0.5, 0.6) is 0 Å². The average molecular weight is 523 g/mol. The number of furan rings is 1. The second-order valence-electron chi connectivity index (χ2n) is 7.21. The highest BCUT2D eigenvalue weighted by molar-refractivity contribution is 8.01. The van der Waals surface area contributed by atoms with Crippen molar-refractivity contribution in [2.75, 3.05) is 18.6 Å². The quantitative estimate of drug-likeness (QED) is 0.126. The third-order valence-corrected chi connectivity index (χ3v) is 7.47. The minimum Gasteiger partial charge on any atom is -0.477 e. The lowest BCUT2D eigenvalue weighted by Gasteiger charge is -2.49. The number of aryl methyl sites for hydroxylation is 1. The van der Waals surface area contributed by atoms with Gasteiger partial charge in [0, 0.05) is 18.6 Å². The van der Waals surface area contributed by atoms with Gasteiger partial charge in [-0.3, -0.25) is 33.9 Å². The predicted molar refractivity (Wildman–Crippen MR) is 123 cm³/mol. The number of aliphatic carboxylic acids is 1. The van der Waals surface area contributed by atoms with Gasteiger partial charge < -0.3 is 19.7 Å². The summed E-state index contributed by atoms with van der Waals surface area (Å²) in [5.74, 6) is -2.11. The summed E-state index contributed by atoms with van der Waals surface area (Å²) in [5, 5.41) is 17.9. The van der Waals surface area contributed by atoms with Gasteiger partial charge in [-0.15, -0.1) is 11.8 Å². The summed E-state index contributed by atoms with van der Waals surface area (Å²) in [6.45, 7) is 0. The molecule has 35 heavy (non-hydrogen) atoms. The van der Waals surface area contributed by atoms with Crippen LogP contribution in [-0.4, -0.2) is 78.3 Å². The van der Waals surface area contributed by atoms with E-state index in [0.717, 1.165) is 16.7 Å². The number of aromatic nitrogens is 3. The van der Waals surface area contributed by atoms with Gasteiger partial charge in [0.2, 0.25) is 5.71 Å². The number of thioether (sulfide) groups is 2. The molecule has 0 saturated carbocycles. The van der Waals surface area contributed by atoms with E-state index in [9.17, 15) is 29.1 Å². The summed E-state index contributed by atoms with van der Waals surface area (Å²) in [4.78, 5) is 70.0. The van der Waals surface area contributed by atoms with Crippen molar-refractivity contribution in [3.63, 3.8) is 0 Å². The topological polar surface area (TPSA) is 189 Å². The van der Waals surface area contributed by atoms with Crippen LogP contribution in [0.3, 0.4) is 0 Å². The number of H-pyrrole nitrogens is 1. The van der Waals surface area contributed by atoms with E-state index in [1.165, 1.54) is 42.9 Å². The summed E-state index contributed by atoms with van der Waals surface area (Å²) < 4.78 is 6.44. The number of carboxylic acid groups (broad SMARTS) is 1. The van der Waals surface area contributed by atoms with Crippen LogP contribution >= 0.6 is 23.5 Å². The zero-order valence-corrected chi connectivity index (χ0v) is 19.8. The number of β-lactam (4-membered cyclic amide) rings is 1. The van der Waals surface area contributed by atoms with Crippen molar-refractivity contribution in [2.45, 2.75) is 16.6 Å². The van der Waals surface area contributed by atoms with Crippen LogP contribution in [0.2, 0.25) is 0 Å². The van der Waals surface area contributed by atoms with Gasteiger partial charge >= 0.3 is 17.1 Å². The lowest BCUT2D eigenvalue weighted by molar-refractivity contribution is -0.150. The second-order valence-corrected chi connectivity index (χ2v) is 9.25. The maximum Gasteiger partial charge on any atom is 0.352 e. The predicted octanol–water partition coefficient (Wildman–Crippen LogP) is -1.06. The molecule has 4 rings (SSSR count). The smallest absolute Gasteiger partial charge is 0.352 e. The lowest BCUT2D eigenvalue weighted by Crippen LogP contribution is -2.71. The Morgan fingerprint density at radius 2 is 2.20 bits per heavy atom. The molecule has 0 spiro atoms. The molecule has 2 aliphatic rings. The van der Waals surface area contributed by atoms with E-state index < -0.39 is 40.3 Å². The molecule has 2 aromatic rings. The maximum atomic E-state index is 12.9. The second kappa shape index (κ2) is 9.83. The minimum absolute atomic E-state index is 0.109. The lowest BCUT2D eigenvalue weighted by atomic mass is 10.0. The standard InChI is InChI=1S/C19H18N6O8S2/c1-24-19(21-14(27)15(28)22-24)35-7-8-6-34-17-11(16(29)25(17)12(8)18(30)31)20-13(26)10(23-32-2)9-4-3-5-33-9/h3-5,11,17H,6-7H2,1-2H3,(H,20,26)(H,22,28)(H,30,31)/t11?,17-/m1/s1. The Bertz CT molecular complexity index is 1360. The molecule has 1 saturated heterocycles. The number of nitrogens with zero attached hydrogens (tertiary/aromatic N) is 4.